The lowest BCUT2D eigenvalue weighted by molar-refractivity contribution is -0.130. The summed E-state index contributed by atoms with van der Waals surface area (Å²) in [6.45, 7) is 4.62. The molecule has 4 heteroatoms. The highest BCUT2D eigenvalue weighted by molar-refractivity contribution is 5.78. The van der Waals surface area contributed by atoms with Crippen LogP contribution in [-0.4, -0.2) is 41.1 Å². The van der Waals surface area contributed by atoms with Gasteiger partial charge in [-0.2, -0.15) is 0 Å². The number of nitrogens with zero attached hydrogens (tertiary/aromatic N) is 2. The van der Waals surface area contributed by atoms with Crippen LogP contribution in [0.5, 0.6) is 0 Å². The van der Waals surface area contributed by atoms with E-state index in [0.29, 0.717) is 12.3 Å². The van der Waals surface area contributed by atoms with E-state index < -0.39 is 0 Å². The van der Waals surface area contributed by atoms with Gasteiger partial charge in [0.05, 0.1) is 18.6 Å². The van der Waals surface area contributed by atoms with Crippen LogP contribution >= 0.6 is 0 Å². The molecule has 0 radical (unpaired) electrons. The number of aromatic nitrogens is 1. The zero-order valence-corrected chi connectivity index (χ0v) is 11.3. The van der Waals surface area contributed by atoms with Crippen molar-refractivity contribution in [1.82, 2.24) is 9.88 Å². The van der Waals surface area contributed by atoms with E-state index in [0.717, 1.165) is 38.2 Å². The molecule has 0 aromatic carbocycles. The molecule has 4 nitrogen and oxygen atoms in total. The SMILES string of the molecule is CC1COC2(CCN(C(=O)Cc3ccccn3)C2)C1. The highest BCUT2D eigenvalue weighted by atomic mass is 16.5. The van der Waals surface area contributed by atoms with Crippen LogP contribution in [0.15, 0.2) is 24.4 Å². The van der Waals surface area contributed by atoms with Crippen LogP contribution < -0.4 is 0 Å². The van der Waals surface area contributed by atoms with Crippen molar-refractivity contribution in [1.29, 1.82) is 0 Å². The summed E-state index contributed by atoms with van der Waals surface area (Å²) < 4.78 is 5.93. The van der Waals surface area contributed by atoms with Crippen molar-refractivity contribution >= 4 is 5.91 Å². The Hall–Kier alpha value is -1.42. The van der Waals surface area contributed by atoms with Crippen LogP contribution in [0.25, 0.3) is 0 Å². The van der Waals surface area contributed by atoms with E-state index in [1.165, 1.54) is 0 Å². The number of hydrogen-bond donors (Lipinski definition) is 0. The van der Waals surface area contributed by atoms with Gasteiger partial charge >= 0.3 is 0 Å². The lowest BCUT2D eigenvalue weighted by Crippen LogP contribution is -2.36. The molecule has 2 aliphatic heterocycles. The summed E-state index contributed by atoms with van der Waals surface area (Å²) in [5.74, 6) is 0.782. The first kappa shape index (κ1) is 12.6. The van der Waals surface area contributed by atoms with E-state index in [1.807, 2.05) is 23.1 Å². The third-order valence-corrected chi connectivity index (χ3v) is 4.12. The quantitative estimate of drug-likeness (QED) is 0.812. The Kier molecular flexibility index (Phi) is 3.27. The molecule has 1 aromatic rings. The van der Waals surface area contributed by atoms with Gasteiger partial charge in [0, 0.05) is 25.0 Å². The van der Waals surface area contributed by atoms with Crippen LogP contribution in [0.2, 0.25) is 0 Å². The fourth-order valence-electron chi connectivity index (χ4n) is 3.18. The number of carbonyl (C=O) groups excluding carboxylic acids is 1. The molecule has 1 aromatic heterocycles. The van der Waals surface area contributed by atoms with E-state index >= 15 is 0 Å². The Morgan fingerprint density at radius 1 is 1.58 bits per heavy atom. The number of hydrogen-bond acceptors (Lipinski definition) is 3. The van der Waals surface area contributed by atoms with E-state index in [2.05, 4.69) is 11.9 Å². The van der Waals surface area contributed by atoms with Gasteiger partial charge < -0.3 is 9.64 Å². The molecular weight excluding hydrogens is 240 g/mol. The Bertz CT molecular complexity index is 462. The number of carbonyl (C=O) groups is 1. The number of rotatable bonds is 2. The Balaban J connectivity index is 1.60. The maximum Gasteiger partial charge on any atom is 0.228 e. The molecule has 1 amide bonds. The molecule has 2 unspecified atom stereocenters. The third kappa shape index (κ3) is 2.63. The monoisotopic (exact) mass is 260 g/mol. The van der Waals surface area contributed by atoms with E-state index in [4.69, 9.17) is 4.74 Å². The fourth-order valence-corrected chi connectivity index (χ4v) is 3.18. The van der Waals surface area contributed by atoms with Crippen molar-refractivity contribution in [3.63, 3.8) is 0 Å². The van der Waals surface area contributed by atoms with Crippen molar-refractivity contribution in [2.24, 2.45) is 5.92 Å². The van der Waals surface area contributed by atoms with Gasteiger partial charge in [0.25, 0.3) is 0 Å². The van der Waals surface area contributed by atoms with E-state index in [1.54, 1.807) is 6.20 Å². The predicted octanol–water partition coefficient (Wildman–Crippen LogP) is 1.65. The fraction of sp³-hybridized carbons (Fsp3) is 0.600. The standard InChI is InChI=1S/C15H20N2O2/c1-12-9-15(19-10-12)5-7-17(11-15)14(18)8-13-4-2-3-6-16-13/h2-4,6,12H,5,7-11H2,1H3. The summed E-state index contributed by atoms with van der Waals surface area (Å²) in [5.41, 5.74) is 0.785. The van der Waals surface area contributed by atoms with Gasteiger partial charge in [-0.05, 0) is 30.9 Å². The Labute approximate surface area is 113 Å². The van der Waals surface area contributed by atoms with E-state index in [9.17, 15) is 4.79 Å². The normalized spacial score (nSPS) is 30.2. The summed E-state index contributed by atoms with van der Waals surface area (Å²) in [6, 6.07) is 5.69. The summed E-state index contributed by atoms with van der Waals surface area (Å²) in [4.78, 5) is 18.4. The molecule has 2 aliphatic rings. The first-order valence-corrected chi connectivity index (χ1v) is 6.99. The maximum absolute atomic E-state index is 12.3. The van der Waals surface area contributed by atoms with Crippen LogP contribution in [0.1, 0.15) is 25.5 Å². The molecule has 0 aliphatic carbocycles. The summed E-state index contributed by atoms with van der Waals surface area (Å²) >= 11 is 0. The van der Waals surface area contributed by atoms with Gasteiger partial charge in [-0.3, -0.25) is 9.78 Å². The van der Waals surface area contributed by atoms with Crippen molar-refractivity contribution in [3.05, 3.63) is 30.1 Å². The lowest BCUT2D eigenvalue weighted by atomic mass is 9.94. The Morgan fingerprint density at radius 2 is 2.47 bits per heavy atom. The van der Waals surface area contributed by atoms with Gasteiger partial charge in [-0.25, -0.2) is 0 Å². The topological polar surface area (TPSA) is 42.4 Å². The van der Waals surface area contributed by atoms with Gasteiger partial charge in [0.2, 0.25) is 5.91 Å². The van der Waals surface area contributed by atoms with Crippen molar-refractivity contribution in [3.8, 4) is 0 Å². The molecule has 2 atom stereocenters. The molecular formula is C15H20N2O2. The maximum atomic E-state index is 12.3. The zero-order valence-electron chi connectivity index (χ0n) is 11.3. The minimum atomic E-state index is -0.0564. The van der Waals surface area contributed by atoms with Crippen LogP contribution in [-0.2, 0) is 16.0 Å². The predicted molar refractivity (Wildman–Crippen MR) is 71.6 cm³/mol. The van der Waals surface area contributed by atoms with Crippen molar-refractivity contribution in [2.45, 2.75) is 31.8 Å². The highest BCUT2D eigenvalue weighted by Gasteiger charge is 2.45. The second-order valence-corrected chi connectivity index (χ2v) is 5.87. The molecule has 0 saturated carbocycles. The Morgan fingerprint density at radius 3 is 3.16 bits per heavy atom. The first-order chi connectivity index (χ1) is 9.17. The smallest absolute Gasteiger partial charge is 0.228 e. The van der Waals surface area contributed by atoms with Gasteiger partial charge in [-0.15, -0.1) is 0 Å². The van der Waals surface area contributed by atoms with Crippen LogP contribution in [0, 0.1) is 5.92 Å². The second kappa shape index (κ2) is 4.93. The molecule has 2 fully saturated rings. The summed E-state index contributed by atoms with van der Waals surface area (Å²) in [6.07, 6.45) is 4.19. The van der Waals surface area contributed by atoms with Crippen molar-refractivity contribution < 1.29 is 9.53 Å². The number of ether oxygens (including phenoxy) is 1. The molecule has 2 saturated heterocycles. The summed E-state index contributed by atoms with van der Waals surface area (Å²) in [7, 11) is 0. The largest absolute Gasteiger partial charge is 0.373 e. The zero-order chi connectivity index (χ0) is 13.3. The number of amides is 1. The van der Waals surface area contributed by atoms with Gasteiger partial charge in [-0.1, -0.05) is 13.0 Å². The third-order valence-electron chi connectivity index (χ3n) is 4.12. The average Bonchev–Trinajstić information content (AvgIpc) is 2.98. The van der Waals surface area contributed by atoms with Crippen LogP contribution in [0.3, 0.4) is 0 Å². The molecule has 0 bridgehead atoms. The minimum absolute atomic E-state index is 0.0564. The second-order valence-electron chi connectivity index (χ2n) is 5.87. The summed E-state index contributed by atoms with van der Waals surface area (Å²) in [5, 5.41) is 0. The van der Waals surface area contributed by atoms with Gasteiger partial charge in [0.15, 0.2) is 0 Å². The lowest BCUT2D eigenvalue weighted by Gasteiger charge is -2.23. The molecule has 3 rings (SSSR count). The molecule has 3 heterocycles. The molecule has 19 heavy (non-hydrogen) atoms. The van der Waals surface area contributed by atoms with Gasteiger partial charge in [0.1, 0.15) is 0 Å². The molecule has 1 spiro atoms. The number of pyridine rings is 1. The number of likely N-dealkylation sites (tertiary alicyclic amines) is 1. The molecule has 0 N–H and O–H groups in total. The first-order valence-electron chi connectivity index (χ1n) is 6.99. The molecule has 102 valence electrons. The minimum Gasteiger partial charge on any atom is -0.373 e. The highest BCUT2D eigenvalue weighted by Crippen LogP contribution is 2.37. The van der Waals surface area contributed by atoms with Crippen molar-refractivity contribution in [2.75, 3.05) is 19.7 Å². The van der Waals surface area contributed by atoms with E-state index in [-0.39, 0.29) is 11.5 Å². The van der Waals surface area contributed by atoms with Crippen LogP contribution in [0.4, 0.5) is 0 Å². The average molecular weight is 260 g/mol.